The Morgan fingerprint density at radius 1 is 1.12 bits per heavy atom. The molecule has 0 rings (SSSR count). The monoisotopic (exact) mass is 260 g/mol. The van der Waals surface area contributed by atoms with Gasteiger partial charge >= 0.3 is 17.8 Å². The van der Waals surface area contributed by atoms with Crippen molar-refractivity contribution < 1.29 is 28.1 Å². The normalized spacial score (nSPS) is 13.6. The molecule has 8 nitrogen and oxygen atoms in total. The van der Waals surface area contributed by atoms with E-state index in [9.17, 15) is 29.0 Å². The number of halogens is 2. The number of rotatable bonds is 6. The van der Waals surface area contributed by atoms with Crippen molar-refractivity contribution in [1.82, 2.24) is 0 Å². The van der Waals surface area contributed by atoms with Crippen molar-refractivity contribution in [2.75, 3.05) is 13.2 Å². The third-order valence-corrected chi connectivity index (χ3v) is 1.37. The van der Waals surface area contributed by atoms with Gasteiger partial charge in [-0.3, -0.25) is 20.2 Å². The highest BCUT2D eigenvalue weighted by molar-refractivity contribution is 7.79. The van der Waals surface area contributed by atoms with Gasteiger partial charge in [0.1, 0.15) is 0 Å². The first kappa shape index (κ1) is 14.3. The molecular weight excluding hydrogens is 254 g/mol. The number of thiocarbonyl (C=S) groups is 1. The Kier molecular flexibility index (Phi) is 6.07. The molecule has 0 N–H and O–H groups in total. The summed E-state index contributed by atoms with van der Waals surface area (Å²) in [7, 11) is 0. The predicted molar refractivity (Wildman–Crippen MR) is 48.3 cm³/mol. The summed E-state index contributed by atoms with van der Waals surface area (Å²) in [6.07, 6.45) is -5.00. The van der Waals surface area contributed by atoms with Crippen LogP contribution in [0.15, 0.2) is 0 Å². The molecular formula is C5H6F2N2O6S. The Morgan fingerprint density at radius 3 is 1.69 bits per heavy atom. The first-order valence-electron chi connectivity index (χ1n) is 3.69. The first-order chi connectivity index (χ1) is 7.34. The van der Waals surface area contributed by atoms with Crippen LogP contribution in [0.1, 0.15) is 0 Å². The molecule has 16 heavy (non-hydrogen) atoms. The lowest BCUT2D eigenvalue weighted by Crippen LogP contribution is -2.26. The molecule has 0 bridgehead atoms. The minimum Gasteiger partial charge on any atom is -0.446 e. The quantitative estimate of drug-likeness (QED) is 0.295. The third-order valence-electron chi connectivity index (χ3n) is 1.13. The van der Waals surface area contributed by atoms with Gasteiger partial charge in [0.25, 0.3) is 0 Å². The van der Waals surface area contributed by atoms with E-state index in [1.807, 2.05) is 0 Å². The van der Waals surface area contributed by atoms with Gasteiger partial charge in [0, 0.05) is 12.2 Å². The largest absolute Gasteiger partial charge is 0.446 e. The lowest BCUT2D eigenvalue weighted by Gasteiger charge is -2.07. The van der Waals surface area contributed by atoms with E-state index in [1.54, 1.807) is 0 Å². The number of alkyl halides is 2. The lowest BCUT2D eigenvalue weighted by atomic mass is 10.7. The van der Waals surface area contributed by atoms with E-state index in [1.165, 1.54) is 0 Å². The average Bonchev–Trinajstić information content (AvgIpc) is 2.21. The molecule has 0 amide bonds. The second-order valence-corrected chi connectivity index (χ2v) is 2.64. The number of hydrogen-bond donors (Lipinski definition) is 0. The molecule has 11 heteroatoms. The molecule has 0 aromatic rings. The van der Waals surface area contributed by atoms with Gasteiger partial charge in [-0.2, -0.15) is 8.78 Å². The van der Waals surface area contributed by atoms with Crippen LogP contribution in [0.5, 0.6) is 0 Å². The molecule has 0 aliphatic heterocycles. The van der Waals surface area contributed by atoms with Crippen LogP contribution in [0, 0.1) is 20.2 Å². The molecule has 92 valence electrons. The summed E-state index contributed by atoms with van der Waals surface area (Å²) in [5, 5.41) is 18.8. The van der Waals surface area contributed by atoms with Crippen LogP contribution in [-0.2, 0) is 9.47 Å². The van der Waals surface area contributed by atoms with Gasteiger partial charge in [0.2, 0.25) is 0 Å². The Labute approximate surface area is 92.4 Å². The molecule has 0 fully saturated rings. The summed E-state index contributed by atoms with van der Waals surface area (Å²) in [5.74, 6) is 0. The summed E-state index contributed by atoms with van der Waals surface area (Å²) >= 11 is 4.24. The number of hydrogen-bond acceptors (Lipinski definition) is 7. The molecule has 2 atom stereocenters. The molecule has 0 saturated heterocycles. The second-order valence-electron chi connectivity index (χ2n) is 2.31. The molecule has 0 aliphatic carbocycles. The summed E-state index contributed by atoms with van der Waals surface area (Å²) in [4.78, 5) is 17.0. The molecule has 0 heterocycles. The maximum absolute atomic E-state index is 12.3. The molecule has 0 saturated carbocycles. The van der Waals surface area contributed by atoms with Crippen molar-refractivity contribution in [2.24, 2.45) is 0 Å². The highest BCUT2D eigenvalue weighted by Crippen LogP contribution is 1.98. The number of nitro groups is 2. The van der Waals surface area contributed by atoms with Crippen LogP contribution >= 0.6 is 12.2 Å². The Balaban J connectivity index is 3.75. The molecule has 2 unspecified atom stereocenters. The highest BCUT2D eigenvalue weighted by atomic mass is 32.1. The van der Waals surface area contributed by atoms with Gasteiger partial charge in [-0.1, -0.05) is 0 Å². The summed E-state index contributed by atoms with van der Waals surface area (Å²) in [5.41, 5.74) is 0. The average molecular weight is 260 g/mol. The van der Waals surface area contributed by atoms with Gasteiger partial charge in [-0.05, 0) is 0 Å². The topological polar surface area (TPSA) is 105 Å². The summed E-state index contributed by atoms with van der Waals surface area (Å²) in [6, 6.07) is 0. The standard InChI is InChI=1S/C5H6F2N2O6S/c6-3(8(10)11)1-14-5(16)15-2-4(7)9(12)13/h3-4H,1-2H2. The van der Waals surface area contributed by atoms with E-state index < -0.39 is 40.9 Å². The van der Waals surface area contributed by atoms with Crippen LogP contribution in [-0.4, -0.2) is 40.9 Å². The smallest absolute Gasteiger partial charge is 0.382 e. The fourth-order valence-electron chi connectivity index (χ4n) is 0.437. The van der Waals surface area contributed by atoms with Gasteiger partial charge in [-0.15, -0.1) is 0 Å². The van der Waals surface area contributed by atoms with Gasteiger partial charge in [-0.25, -0.2) is 0 Å². The van der Waals surface area contributed by atoms with Crippen molar-refractivity contribution in [3.05, 3.63) is 20.2 Å². The Morgan fingerprint density at radius 2 is 1.44 bits per heavy atom. The van der Waals surface area contributed by atoms with E-state index in [2.05, 4.69) is 21.7 Å². The van der Waals surface area contributed by atoms with Crippen molar-refractivity contribution in [3.63, 3.8) is 0 Å². The van der Waals surface area contributed by atoms with Gasteiger partial charge < -0.3 is 9.47 Å². The maximum atomic E-state index is 12.3. The Hall–Kier alpha value is -1.65. The van der Waals surface area contributed by atoms with E-state index in [0.717, 1.165) is 0 Å². The van der Waals surface area contributed by atoms with E-state index in [0.29, 0.717) is 0 Å². The summed E-state index contributed by atoms with van der Waals surface area (Å²) < 4.78 is 33.0. The SMILES string of the molecule is O=[N+]([O-])C(F)COC(=S)OCC(F)[N+](=O)[O-]. The van der Waals surface area contributed by atoms with Gasteiger partial charge in [0.15, 0.2) is 13.2 Å². The zero-order chi connectivity index (χ0) is 12.7. The van der Waals surface area contributed by atoms with Crippen LogP contribution in [0.2, 0.25) is 0 Å². The highest BCUT2D eigenvalue weighted by Gasteiger charge is 2.22. The van der Waals surface area contributed by atoms with Gasteiger partial charge in [0.05, 0.1) is 9.85 Å². The molecule has 0 aromatic carbocycles. The van der Waals surface area contributed by atoms with Crippen molar-refractivity contribution >= 4 is 17.5 Å². The predicted octanol–water partition coefficient (Wildman–Crippen LogP) is 0.449. The van der Waals surface area contributed by atoms with Crippen LogP contribution in [0.4, 0.5) is 8.78 Å². The molecule has 0 aliphatic rings. The van der Waals surface area contributed by atoms with Crippen LogP contribution in [0.3, 0.4) is 0 Å². The van der Waals surface area contributed by atoms with Crippen molar-refractivity contribution in [1.29, 1.82) is 0 Å². The van der Waals surface area contributed by atoms with E-state index in [-0.39, 0.29) is 0 Å². The van der Waals surface area contributed by atoms with Crippen molar-refractivity contribution in [2.45, 2.75) is 12.6 Å². The maximum Gasteiger partial charge on any atom is 0.382 e. The minimum absolute atomic E-state index is 0.797. The molecule has 0 spiro atoms. The summed E-state index contributed by atoms with van der Waals surface area (Å²) in [6.45, 7) is -2.03. The number of nitrogens with zero attached hydrogens (tertiary/aromatic N) is 2. The van der Waals surface area contributed by atoms with E-state index >= 15 is 0 Å². The third kappa shape index (κ3) is 5.95. The number of ether oxygens (including phenoxy) is 2. The lowest BCUT2D eigenvalue weighted by molar-refractivity contribution is -0.557. The zero-order valence-electron chi connectivity index (χ0n) is 7.58. The zero-order valence-corrected chi connectivity index (χ0v) is 8.39. The fraction of sp³-hybridized carbons (Fsp3) is 0.800. The van der Waals surface area contributed by atoms with Crippen molar-refractivity contribution in [3.8, 4) is 0 Å². The van der Waals surface area contributed by atoms with Crippen LogP contribution < -0.4 is 0 Å². The first-order valence-corrected chi connectivity index (χ1v) is 4.10. The Bertz CT molecular complexity index is 264. The molecule has 0 radical (unpaired) electrons. The molecule has 0 aromatic heterocycles. The second kappa shape index (κ2) is 6.76. The van der Waals surface area contributed by atoms with E-state index in [4.69, 9.17) is 0 Å². The van der Waals surface area contributed by atoms with Crippen LogP contribution in [0.25, 0.3) is 0 Å². The minimum atomic E-state index is -2.50. The fourth-order valence-corrected chi connectivity index (χ4v) is 0.573.